The normalized spacial score (nSPS) is 8.17. The van der Waals surface area contributed by atoms with Gasteiger partial charge in [0.05, 0.1) is 13.2 Å². The largest absolute Gasteiger partial charge is 0.378 e. The second-order valence-electron chi connectivity index (χ2n) is 1.90. The minimum atomic E-state index is 0.677. The maximum absolute atomic E-state index is 4.86. The molecule has 0 heterocycles. The first-order chi connectivity index (χ1) is 5.83. The molecule has 72 valence electrons. The van der Waals surface area contributed by atoms with Crippen LogP contribution in [0.4, 0.5) is 0 Å². The van der Waals surface area contributed by atoms with Gasteiger partial charge in [0, 0.05) is 13.2 Å². The second-order valence-corrected chi connectivity index (χ2v) is 1.90. The van der Waals surface area contributed by atoms with E-state index in [4.69, 9.17) is 9.47 Å². The van der Waals surface area contributed by atoms with Gasteiger partial charge in [-0.3, -0.25) is 0 Å². The van der Waals surface area contributed by atoms with Gasteiger partial charge >= 0.3 is 0 Å². The Bertz CT molecular complexity index is 77.8. The average molecular weight is 172 g/mol. The Labute approximate surface area is 75.9 Å². The first kappa shape index (κ1) is 14.0. The lowest BCUT2D eigenvalue weighted by Gasteiger charge is -1.88. The Morgan fingerprint density at radius 2 is 1.25 bits per heavy atom. The number of ether oxygens (including phenoxy) is 2. The van der Waals surface area contributed by atoms with E-state index < -0.39 is 0 Å². The summed E-state index contributed by atoms with van der Waals surface area (Å²) in [6.07, 6.45) is 3.48. The van der Waals surface area contributed by atoms with Crippen LogP contribution in [-0.4, -0.2) is 26.4 Å². The van der Waals surface area contributed by atoms with Crippen LogP contribution in [0.5, 0.6) is 0 Å². The van der Waals surface area contributed by atoms with Crippen LogP contribution in [0, 0.1) is 0 Å². The molecule has 2 heteroatoms. The van der Waals surface area contributed by atoms with Gasteiger partial charge in [-0.05, 0) is 13.8 Å². The highest BCUT2D eigenvalue weighted by molar-refractivity contribution is 4.63. The van der Waals surface area contributed by atoms with Crippen molar-refractivity contribution in [3.05, 3.63) is 25.3 Å². The standard InChI is InChI=1S/2C5H10O/c2*1-3-5-6-4-2/h2*3H,1,4-5H2,2H3. The topological polar surface area (TPSA) is 18.5 Å². The summed E-state index contributed by atoms with van der Waals surface area (Å²) < 4.78 is 9.73. The molecular weight excluding hydrogens is 152 g/mol. The molecular formula is C10H20O2. The van der Waals surface area contributed by atoms with Gasteiger partial charge in [0.2, 0.25) is 0 Å². The average Bonchev–Trinajstić information content (AvgIpc) is 2.12. The Morgan fingerprint density at radius 1 is 0.917 bits per heavy atom. The molecule has 0 spiro atoms. The summed E-state index contributed by atoms with van der Waals surface area (Å²) in [5, 5.41) is 0. The van der Waals surface area contributed by atoms with E-state index in [1.54, 1.807) is 12.2 Å². The van der Waals surface area contributed by atoms with Crippen LogP contribution in [0.3, 0.4) is 0 Å². The Hall–Kier alpha value is -0.600. The van der Waals surface area contributed by atoms with Crippen molar-refractivity contribution < 1.29 is 9.47 Å². The number of hydrogen-bond acceptors (Lipinski definition) is 2. The van der Waals surface area contributed by atoms with E-state index >= 15 is 0 Å². The summed E-state index contributed by atoms with van der Waals surface area (Å²) in [6.45, 7) is 13.8. The van der Waals surface area contributed by atoms with Gasteiger partial charge in [-0.1, -0.05) is 12.2 Å². The van der Waals surface area contributed by atoms with E-state index in [-0.39, 0.29) is 0 Å². The predicted octanol–water partition coefficient (Wildman–Crippen LogP) is 2.42. The molecule has 0 radical (unpaired) electrons. The molecule has 0 atom stereocenters. The highest BCUT2D eigenvalue weighted by atomic mass is 16.5. The zero-order valence-corrected chi connectivity index (χ0v) is 8.21. The van der Waals surface area contributed by atoms with E-state index in [9.17, 15) is 0 Å². The van der Waals surface area contributed by atoms with Crippen molar-refractivity contribution in [1.29, 1.82) is 0 Å². The van der Waals surface area contributed by atoms with Crippen molar-refractivity contribution in [1.82, 2.24) is 0 Å². The number of rotatable bonds is 6. The van der Waals surface area contributed by atoms with Crippen molar-refractivity contribution in [2.45, 2.75) is 13.8 Å². The van der Waals surface area contributed by atoms with E-state index in [1.165, 1.54) is 0 Å². The van der Waals surface area contributed by atoms with Gasteiger partial charge in [-0.2, -0.15) is 0 Å². The molecule has 0 aliphatic rings. The minimum absolute atomic E-state index is 0.677. The summed E-state index contributed by atoms with van der Waals surface area (Å²) in [6, 6.07) is 0. The second kappa shape index (κ2) is 16.8. The van der Waals surface area contributed by atoms with Crippen molar-refractivity contribution in [2.75, 3.05) is 26.4 Å². The minimum Gasteiger partial charge on any atom is -0.378 e. The molecule has 0 saturated heterocycles. The van der Waals surface area contributed by atoms with E-state index in [0.717, 1.165) is 13.2 Å². The molecule has 0 aromatic heterocycles. The van der Waals surface area contributed by atoms with Gasteiger partial charge < -0.3 is 9.47 Å². The maximum Gasteiger partial charge on any atom is 0.0644 e. The third-order valence-corrected chi connectivity index (χ3v) is 0.880. The molecule has 0 fully saturated rings. The zero-order valence-electron chi connectivity index (χ0n) is 8.21. The Kier molecular flexibility index (Phi) is 19.5. The molecule has 0 unspecified atom stereocenters. The molecule has 0 aromatic rings. The Morgan fingerprint density at radius 3 is 1.33 bits per heavy atom. The molecule has 0 aromatic carbocycles. The summed E-state index contributed by atoms with van der Waals surface area (Å²) >= 11 is 0. The first-order valence-electron chi connectivity index (χ1n) is 4.20. The van der Waals surface area contributed by atoms with Crippen molar-refractivity contribution in [3.63, 3.8) is 0 Å². The van der Waals surface area contributed by atoms with Crippen LogP contribution < -0.4 is 0 Å². The quantitative estimate of drug-likeness (QED) is 0.452. The number of hydrogen-bond donors (Lipinski definition) is 0. The van der Waals surface area contributed by atoms with Crippen LogP contribution in [0.2, 0.25) is 0 Å². The fraction of sp³-hybridized carbons (Fsp3) is 0.600. The lowest BCUT2D eigenvalue weighted by atomic mass is 10.7. The summed E-state index contributed by atoms with van der Waals surface area (Å²) in [5.41, 5.74) is 0. The van der Waals surface area contributed by atoms with E-state index in [1.807, 2.05) is 13.8 Å². The third-order valence-electron chi connectivity index (χ3n) is 0.880. The van der Waals surface area contributed by atoms with E-state index in [2.05, 4.69) is 13.2 Å². The van der Waals surface area contributed by atoms with Crippen LogP contribution >= 0.6 is 0 Å². The van der Waals surface area contributed by atoms with E-state index in [0.29, 0.717) is 13.2 Å². The molecule has 0 amide bonds. The molecule has 0 N–H and O–H groups in total. The van der Waals surface area contributed by atoms with Gasteiger partial charge in [0.15, 0.2) is 0 Å². The van der Waals surface area contributed by atoms with Crippen LogP contribution in [0.15, 0.2) is 25.3 Å². The van der Waals surface area contributed by atoms with Crippen molar-refractivity contribution in [3.8, 4) is 0 Å². The van der Waals surface area contributed by atoms with Gasteiger partial charge in [-0.25, -0.2) is 0 Å². The van der Waals surface area contributed by atoms with Crippen LogP contribution in [0.1, 0.15) is 13.8 Å². The Balaban J connectivity index is 0. The highest BCUT2D eigenvalue weighted by Gasteiger charge is 1.68. The highest BCUT2D eigenvalue weighted by Crippen LogP contribution is 1.69. The fourth-order valence-corrected chi connectivity index (χ4v) is 0.402. The molecule has 0 bridgehead atoms. The molecule has 2 nitrogen and oxygen atoms in total. The summed E-state index contributed by atoms with van der Waals surface area (Å²) in [5.74, 6) is 0. The lowest BCUT2D eigenvalue weighted by molar-refractivity contribution is 0.177. The van der Waals surface area contributed by atoms with Gasteiger partial charge in [0.25, 0.3) is 0 Å². The third kappa shape index (κ3) is 22.7. The molecule has 12 heavy (non-hydrogen) atoms. The van der Waals surface area contributed by atoms with Gasteiger partial charge in [-0.15, -0.1) is 13.2 Å². The summed E-state index contributed by atoms with van der Waals surface area (Å²) in [7, 11) is 0. The van der Waals surface area contributed by atoms with Crippen LogP contribution in [0.25, 0.3) is 0 Å². The lowest BCUT2D eigenvalue weighted by Crippen LogP contribution is -1.86. The molecule has 0 aliphatic carbocycles. The van der Waals surface area contributed by atoms with Crippen molar-refractivity contribution in [2.24, 2.45) is 0 Å². The monoisotopic (exact) mass is 172 g/mol. The first-order valence-corrected chi connectivity index (χ1v) is 4.20. The molecule has 0 saturated carbocycles. The maximum atomic E-state index is 4.86. The van der Waals surface area contributed by atoms with Gasteiger partial charge in [0.1, 0.15) is 0 Å². The molecule has 0 aliphatic heterocycles. The molecule has 0 rings (SSSR count). The SMILES string of the molecule is C=CCOCC.C=CCOCC. The zero-order chi connectivity index (χ0) is 9.66. The summed E-state index contributed by atoms with van der Waals surface area (Å²) in [4.78, 5) is 0. The fourth-order valence-electron chi connectivity index (χ4n) is 0.402. The van der Waals surface area contributed by atoms with Crippen LogP contribution in [-0.2, 0) is 9.47 Å². The predicted molar refractivity (Wildman–Crippen MR) is 53.4 cm³/mol. The van der Waals surface area contributed by atoms with Crippen molar-refractivity contribution >= 4 is 0 Å². The smallest absolute Gasteiger partial charge is 0.0644 e.